The van der Waals surface area contributed by atoms with Crippen molar-refractivity contribution in [1.82, 2.24) is 0 Å². The van der Waals surface area contributed by atoms with Gasteiger partial charge in [-0.1, -0.05) is 52.5 Å². The molecular weight excluding hydrogens is 256 g/mol. The van der Waals surface area contributed by atoms with Gasteiger partial charge in [-0.3, -0.25) is 0 Å². The van der Waals surface area contributed by atoms with Gasteiger partial charge in [0.2, 0.25) is 9.84 Å². The van der Waals surface area contributed by atoms with E-state index < -0.39 is 9.84 Å². The molecule has 1 rings (SSSR count). The largest absolute Gasteiger partial charge is 0.219 e. The molecule has 1 aromatic rings. The Morgan fingerprint density at radius 1 is 1.21 bits per heavy atom. The van der Waals surface area contributed by atoms with Crippen LogP contribution in [0, 0.1) is 11.3 Å². The molecule has 0 aliphatic rings. The summed E-state index contributed by atoms with van der Waals surface area (Å²) in [6, 6.07) is 8.52. The van der Waals surface area contributed by atoms with Gasteiger partial charge in [-0.25, -0.2) is 8.42 Å². The van der Waals surface area contributed by atoms with E-state index >= 15 is 0 Å². The summed E-state index contributed by atoms with van der Waals surface area (Å²) in [6.45, 7) is 12.3. The number of hydrogen-bond donors (Lipinski definition) is 0. The quantitative estimate of drug-likeness (QED) is 0.772. The molecule has 0 N–H and O–H groups in total. The zero-order chi connectivity index (χ0) is 14.7. The number of sulfone groups is 1. The van der Waals surface area contributed by atoms with Gasteiger partial charge in [0.15, 0.2) is 0 Å². The van der Waals surface area contributed by atoms with Gasteiger partial charge in [0.1, 0.15) is 0 Å². The Kier molecular flexibility index (Phi) is 4.97. The highest BCUT2D eigenvalue weighted by molar-refractivity contribution is 7.95. The molecule has 2 nitrogen and oxygen atoms in total. The molecule has 0 atom stereocenters. The van der Waals surface area contributed by atoms with Crippen molar-refractivity contribution in [3.8, 4) is 0 Å². The normalized spacial score (nSPS) is 12.7. The molecule has 0 heterocycles. The first-order valence-electron chi connectivity index (χ1n) is 6.63. The molecule has 1 aromatic carbocycles. The molecule has 0 aliphatic heterocycles. The Labute approximate surface area is 117 Å². The average Bonchev–Trinajstić information content (AvgIpc) is 2.27. The van der Waals surface area contributed by atoms with E-state index in [4.69, 9.17) is 0 Å². The van der Waals surface area contributed by atoms with Gasteiger partial charge >= 0.3 is 0 Å². The first-order chi connectivity index (χ1) is 8.65. The number of hydrogen-bond acceptors (Lipinski definition) is 2. The number of rotatable bonds is 6. The zero-order valence-electron chi connectivity index (χ0n) is 12.3. The van der Waals surface area contributed by atoms with Crippen molar-refractivity contribution in [3.05, 3.63) is 41.8 Å². The third kappa shape index (κ3) is 4.50. The fraction of sp³-hybridized carbons (Fsp3) is 0.500. The molecule has 0 radical (unpaired) electrons. The minimum Gasteiger partial charge on any atom is -0.219 e. The maximum atomic E-state index is 12.4. The molecule has 106 valence electrons. The molecule has 0 bridgehead atoms. The van der Waals surface area contributed by atoms with Crippen LogP contribution >= 0.6 is 0 Å². The number of allylic oxidation sites excluding steroid dienone is 1. The molecule has 0 amide bonds. The van der Waals surface area contributed by atoms with E-state index in [9.17, 15) is 8.42 Å². The fourth-order valence-corrected chi connectivity index (χ4v) is 4.00. The summed E-state index contributed by atoms with van der Waals surface area (Å²) in [7, 11) is -3.40. The van der Waals surface area contributed by atoms with Crippen LogP contribution in [-0.4, -0.2) is 8.42 Å². The van der Waals surface area contributed by atoms with Gasteiger partial charge < -0.3 is 0 Å². The van der Waals surface area contributed by atoms with E-state index in [0.717, 1.165) is 6.42 Å². The van der Waals surface area contributed by atoms with Crippen LogP contribution in [0.5, 0.6) is 0 Å². The maximum Gasteiger partial charge on any atom is 0.202 e. The highest BCUT2D eigenvalue weighted by atomic mass is 32.2. The molecule has 19 heavy (non-hydrogen) atoms. The topological polar surface area (TPSA) is 34.1 Å². The van der Waals surface area contributed by atoms with Crippen LogP contribution in [0.4, 0.5) is 0 Å². The Morgan fingerprint density at radius 3 is 2.21 bits per heavy atom. The van der Waals surface area contributed by atoms with Gasteiger partial charge in [-0.05, 0) is 36.3 Å². The van der Waals surface area contributed by atoms with Crippen LogP contribution in [0.2, 0.25) is 0 Å². The maximum absolute atomic E-state index is 12.4. The summed E-state index contributed by atoms with van der Waals surface area (Å²) in [5.74, 6) is 0.544. The van der Waals surface area contributed by atoms with E-state index in [1.807, 2.05) is 6.07 Å². The van der Waals surface area contributed by atoms with Gasteiger partial charge in [-0.15, -0.1) is 0 Å². The second-order valence-corrected chi connectivity index (χ2v) is 8.35. The molecule has 0 saturated heterocycles. The number of benzene rings is 1. The minimum absolute atomic E-state index is 0.0485. The first-order valence-corrected chi connectivity index (χ1v) is 8.11. The molecule has 3 heteroatoms. The Hall–Kier alpha value is -1.09. The standard InChI is InChI=1S/C16H24O2S/c1-13(2)11-16(4,5)12-14(3)19(17,18)15-9-7-6-8-10-15/h6-10,13H,3,11-12H2,1-2,4-5H3. The van der Waals surface area contributed by atoms with Crippen molar-refractivity contribution in [2.24, 2.45) is 11.3 Å². The predicted molar refractivity (Wildman–Crippen MR) is 80.6 cm³/mol. The molecule has 0 saturated carbocycles. The lowest BCUT2D eigenvalue weighted by Gasteiger charge is -2.27. The summed E-state index contributed by atoms with van der Waals surface area (Å²) < 4.78 is 24.8. The molecule has 0 fully saturated rings. The summed E-state index contributed by atoms with van der Waals surface area (Å²) in [4.78, 5) is 0.643. The van der Waals surface area contributed by atoms with Gasteiger partial charge in [0.05, 0.1) is 4.90 Å². The van der Waals surface area contributed by atoms with Crippen LogP contribution in [0.15, 0.2) is 46.7 Å². The second-order valence-electron chi connectivity index (χ2n) is 6.29. The SMILES string of the molecule is C=C(CC(C)(C)CC(C)C)S(=O)(=O)c1ccccc1. The summed E-state index contributed by atoms with van der Waals surface area (Å²) in [5.41, 5.74) is -0.0485. The van der Waals surface area contributed by atoms with Crippen molar-refractivity contribution >= 4 is 9.84 Å². The van der Waals surface area contributed by atoms with Crippen LogP contribution in [0.3, 0.4) is 0 Å². The van der Waals surface area contributed by atoms with E-state index in [-0.39, 0.29) is 5.41 Å². The average molecular weight is 280 g/mol. The van der Waals surface area contributed by atoms with Gasteiger partial charge in [0, 0.05) is 4.91 Å². The third-order valence-corrected chi connectivity index (χ3v) is 4.87. The Balaban J connectivity index is 2.90. The fourth-order valence-electron chi connectivity index (χ4n) is 2.57. The summed E-state index contributed by atoms with van der Waals surface area (Å²) >= 11 is 0. The lowest BCUT2D eigenvalue weighted by atomic mass is 9.81. The van der Waals surface area contributed by atoms with E-state index in [1.54, 1.807) is 24.3 Å². The predicted octanol–water partition coefficient (Wildman–Crippen LogP) is 4.44. The van der Waals surface area contributed by atoms with E-state index in [1.165, 1.54) is 0 Å². The highest BCUT2D eigenvalue weighted by Gasteiger charge is 2.27. The molecule has 0 aliphatic carbocycles. The zero-order valence-corrected chi connectivity index (χ0v) is 13.1. The van der Waals surface area contributed by atoms with Crippen molar-refractivity contribution in [2.75, 3.05) is 0 Å². The van der Waals surface area contributed by atoms with Gasteiger partial charge in [0.25, 0.3) is 0 Å². The van der Waals surface area contributed by atoms with Crippen LogP contribution < -0.4 is 0 Å². The highest BCUT2D eigenvalue weighted by Crippen LogP contribution is 2.35. The molecule has 0 aromatic heterocycles. The third-order valence-electron chi connectivity index (χ3n) is 3.07. The molecule has 0 spiro atoms. The van der Waals surface area contributed by atoms with Crippen LogP contribution in [0.25, 0.3) is 0 Å². The van der Waals surface area contributed by atoms with E-state index in [2.05, 4.69) is 34.3 Å². The van der Waals surface area contributed by atoms with Crippen molar-refractivity contribution in [3.63, 3.8) is 0 Å². The van der Waals surface area contributed by atoms with Crippen molar-refractivity contribution in [1.29, 1.82) is 0 Å². The first kappa shape index (κ1) is 16.0. The Bertz CT molecular complexity index is 525. The Morgan fingerprint density at radius 2 is 1.74 bits per heavy atom. The minimum atomic E-state index is -3.40. The van der Waals surface area contributed by atoms with Gasteiger partial charge in [-0.2, -0.15) is 0 Å². The smallest absolute Gasteiger partial charge is 0.202 e. The van der Waals surface area contributed by atoms with Crippen molar-refractivity contribution < 1.29 is 8.42 Å². The summed E-state index contributed by atoms with van der Waals surface area (Å²) in [6.07, 6.45) is 1.48. The monoisotopic (exact) mass is 280 g/mol. The van der Waals surface area contributed by atoms with Crippen molar-refractivity contribution in [2.45, 2.75) is 45.4 Å². The lowest BCUT2D eigenvalue weighted by Crippen LogP contribution is -2.18. The van der Waals surface area contributed by atoms with Crippen LogP contribution in [0.1, 0.15) is 40.5 Å². The van der Waals surface area contributed by atoms with Crippen LogP contribution in [-0.2, 0) is 9.84 Å². The van der Waals surface area contributed by atoms with E-state index in [0.29, 0.717) is 22.1 Å². The molecule has 0 unspecified atom stereocenters. The summed E-state index contributed by atoms with van der Waals surface area (Å²) in [5, 5.41) is 0. The molecular formula is C16H24O2S. The lowest BCUT2D eigenvalue weighted by molar-refractivity contribution is 0.288. The second kappa shape index (κ2) is 5.91.